The summed E-state index contributed by atoms with van der Waals surface area (Å²) in [6.07, 6.45) is 1.74. The predicted molar refractivity (Wildman–Crippen MR) is 121 cm³/mol. The summed E-state index contributed by atoms with van der Waals surface area (Å²) in [6, 6.07) is 15.1. The monoisotopic (exact) mass is 417 g/mol. The normalized spacial score (nSPS) is 10.7. The number of methoxy groups -OCH3 is 2. The van der Waals surface area contributed by atoms with Crippen LogP contribution >= 0.6 is 0 Å². The first-order valence-electron chi connectivity index (χ1n) is 9.68. The Hall–Kier alpha value is -4.07. The van der Waals surface area contributed by atoms with Crippen LogP contribution in [0.2, 0.25) is 0 Å². The van der Waals surface area contributed by atoms with Gasteiger partial charge in [0.15, 0.2) is 11.5 Å². The highest BCUT2D eigenvalue weighted by Gasteiger charge is 2.14. The van der Waals surface area contributed by atoms with Crippen molar-refractivity contribution in [1.29, 1.82) is 0 Å². The quantitative estimate of drug-likeness (QED) is 0.485. The van der Waals surface area contributed by atoms with Gasteiger partial charge in [0, 0.05) is 37.0 Å². The Kier molecular flexibility index (Phi) is 5.44. The van der Waals surface area contributed by atoms with Crippen LogP contribution in [-0.4, -0.2) is 34.7 Å². The molecule has 4 aromatic rings. The minimum Gasteiger partial charge on any atom is -0.493 e. The van der Waals surface area contributed by atoms with Crippen LogP contribution in [0.1, 0.15) is 6.92 Å². The molecule has 8 heteroatoms. The van der Waals surface area contributed by atoms with Crippen LogP contribution in [0.25, 0.3) is 22.4 Å². The van der Waals surface area contributed by atoms with Crippen molar-refractivity contribution in [3.8, 4) is 22.9 Å². The van der Waals surface area contributed by atoms with Gasteiger partial charge in [0.2, 0.25) is 5.91 Å². The van der Waals surface area contributed by atoms with Crippen LogP contribution in [0.5, 0.6) is 11.5 Å². The molecule has 0 spiro atoms. The van der Waals surface area contributed by atoms with Crippen LogP contribution in [-0.2, 0) is 11.8 Å². The summed E-state index contributed by atoms with van der Waals surface area (Å²) in [7, 11) is 5.19. The van der Waals surface area contributed by atoms with Crippen LogP contribution in [0.4, 0.5) is 17.2 Å². The highest BCUT2D eigenvalue weighted by atomic mass is 16.5. The molecule has 158 valence electrons. The third kappa shape index (κ3) is 4.13. The molecule has 2 aromatic heterocycles. The molecule has 0 saturated carbocycles. The lowest BCUT2D eigenvalue weighted by Gasteiger charge is -2.10. The highest BCUT2D eigenvalue weighted by molar-refractivity contribution is 5.89. The Morgan fingerprint density at radius 1 is 0.968 bits per heavy atom. The topological polar surface area (TPSA) is 90.3 Å². The van der Waals surface area contributed by atoms with Gasteiger partial charge in [0.1, 0.15) is 17.2 Å². The first-order valence-corrected chi connectivity index (χ1v) is 9.68. The summed E-state index contributed by atoms with van der Waals surface area (Å²) < 4.78 is 12.8. The first kappa shape index (κ1) is 20.2. The van der Waals surface area contributed by atoms with E-state index < -0.39 is 0 Å². The number of hydrogen-bond donors (Lipinski definition) is 2. The molecule has 0 saturated heterocycles. The lowest BCUT2D eigenvalue weighted by Crippen LogP contribution is -2.05. The third-order valence-electron chi connectivity index (χ3n) is 4.89. The number of pyridine rings is 1. The second-order valence-corrected chi connectivity index (χ2v) is 7.01. The SMILES string of the molecule is COc1ccc(-c2nc3cnc(Nc4ccc(NC(C)=O)cc4)cc3n2C)cc1OC. The minimum atomic E-state index is -0.102. The Morgan fingerprint density at radius 2 is 1.68 bits per heavy atom. The van der Waals surface area contributed by atoms with Crippen molar-refractivity contribution in [2.24, 2.45) is 7.05 Å². The Labute approximate surface area is 179 Å². The molecular formula is C23H23N5O3. The zero-order valence-electron chi connectivity index (χ0n) is 17.8. The summed E-state index contributed by atoms with van der Waals surface area (Å²) in [6.45, 7) is 1.48. The van der Waals surface area contributed by atoms with E-state index >= 15 is 0 Å². The van der Waals surface area contributed by atoms with Crippen molar-refractivity contribution in [1.82, 2.24) is 14.5 Å². The molecule has 0 fully saturated rings. The smallest absolute Gasteiger partial charge is 0.221 e. The molecular weight excluding hydrogens is 394 g/mol. The van der Waals surface area contributed by atoms with Gasteiger partial charge in [-0.3, -0.25) is 4.79 Å². The summed E-state index contributed by atoms with van der Waals surface area (Å²) in [5.74, 6) is 2.71. The number of rotatable bonds is 6. The van der Waals surface area contributed by atoms with Crippen molar-refractivity contribution < 1.29 is 14.3 Å². The molecule has 0 bridgehead atoms. The van der Waals surface area contributed by atoms with Crippen molar-refractivity contribution >= 4 is 34.1 Å². The van der Waals surface area contributed by atoms with Gasteiger partial charge in [0.05, 0.1) is 25.9 Å². The number of aromatic nitrogens is 3. The number of nitrogens with one attached hydrogen (secondary N) is 2. The number of anilines is 3. The number of fused-ring (bicyclic) bond motifs is 1. The average Bonchev–Trinajstić information content (AvgIpc) is 3.10. The standard InChI is InChI=1S/C23H23N5O3/c1-14(29)25-16-6-8-17(9-7-16)26-22-12-19-18(13-24-22)27-23(28(19)2)15-5-10-20(30-3)21(11-15)31-4/h5-13H,1-4H3,(H,24,26)(H,25,29). The van der Waals surface area contributed by atoms with Crippen molar-refractivity contribution in [3.63, 3.8) is 0 Å². The number of carbonyl (C=O) groups excluding carboxylic acids is 1. The van der Waals surface area contributed by atoms with Gasteiger partial charge in [-0.1, -0.05) is 0 Å². The number of benzene rings is 2. The molecule has 4 rings (SSSR count). The van der Waals surface area contributed by atoms with E-state index in [1.165, 1.54) is 6.92 Å². The lowest BCUT2D eigenvalue weighted by atomic mass is 10.2. The van der Waals surface area contributed by atoms with E-state index in [-0.39, 0.29) is 5.91 Å². The van der Waals surface area contributed by atoms with Crippen molar-refractivity contribution in [3.05, 3.63) is 54.7 Å². The van der Waals surface area contributed by atoms with Crippen LogP contribution < -0.4 is 20.1 Å². The maximum absolute atomic E-state index is 11.2. The number of carbonyl (C=O) groups is 1. The molecule has 0 aliphatic carbocycles. The van der Waals surface area contributed by atoms with Crippen LogP contribution in [0, 0.1) is 0 Å². The molecule has 0 atom stereocenters. The molecule has 8 nitrogen and oxygen atoms in total. The van der Waals surface area contributed by atoms with Gasteiger partial charge >= 0.3 is 0 Å². The van der Waals surface area contributed by atoms with E-state index in [0.29, 0.717) is 17.3 Å². The third-order valence-corrected chi connectivity index (χ3v) is 4.89. The highest BCUT2D eigenvalue weighted by Crippen LogP contribution is 2.33. The zero-order valence-corrected chi connectivity index (χ0v) is 17.8. The fraction of sp³-hybridized carbons (Fsp3) is 0.174. The van der Waals surface area contributed by atoms with E-state index in [9.17, 15) is 4.79 Å². The van der Waals surface area contributed by atoms with Crippen molar-refractivity contribution in [2.75, 3.05) is 24.9 Å². The number of amides is 1. The van der Waals surface area contributed by atoms with Crippen molar-refractivity contribution in [2.45, 2.75) is 6.92 Å². The summed E-state index contributed by atoms with van der Waals surface area (Å²) in [5.41, 5.74) is 4.26. The van der Waals surface area contributed by atoms with E-state index in [1.807, 2.05) is 60.1 Å². The van der Waals surface area contributed by atoms with Gasteiger partial charge in [0.25, 0.3) is 0 Å². The van der Waals surface area contributed by atoms with Gasteiger partial charge in [-0.05, 0) is 42.5 Å². The fourth-order valence-corrected chi connectivity index (χ4v) is 3.39. The van der Waals surface area contributed by atoms with Gasteiger partial charge in [-0.2, -0.15) is 0 Å². The van der Waals surface area contributed by atoms with Gasteiger partial charge in [-0.15, -0.1) is 0 Å². The molecule has 1 amide bonds. The molecule has 2 N–H and O–H groups in total. The Morgan fingerprint density at radius 3 is 2.35 bits per heavy atom. The molecule has 31 heavy (non-hydrogen) atoms. The Bertz CT molecular complexity index is 1250. The second kappa shape index (κ2) is 8.35. The fourth-order valence-electron chi connectivity index (χ4n) is 3.39. The van der Waals surface area contributed by atoms with E-state index in [2.05, 4.69) is 15.6 Å². The number of hydrogen-bond acceptors (Lipinski definition) is 6. The predicted octanol–water partition coefficient (Wildman–Crippen LogP) is 4.35. The zero-order chi connectivity index (χ0) is 22.0. The second-order valence-electron chi connectivity index (χ2n) is 7.01. The largest absolute Gasteiger partial charge is 0.493 e. The number of imidazole rings is 1. The molecule has 2 aromatic carbocycles. The van der Waals surface area contributed by atoms with Crippen LogP contribution in [0.15, 0.2) is 54.7 Å². The Balaban J connectivity index is 1.63. The summed E-state index contributed by atoms with van der Waals surface area (Å²) in [4.78, 5) is 20.4. The van der Waals surface area contributed by atoms with E-state index in [1.54, 1.807) is 20.4 Å². The van der Waals surface area contributed by atoms with E-state index in [4.69, 9.17) is 14.5 Å². The average molecular weight is 417 g/mol. The lowest BCUT2D eigenvalue weighted by molar-refractivity contribution is -0.114. The van der Waals surface area contributed by atoms with E-state index in [0.717, 1.165) is 33.8 Å². The molecule has 0 radical (unpaired) electrons. The molecule has 2 heterocycles. The number of aryl methyl sites for hydroxylation is 1. The van der Waals surface area contributed by atoms with Gasteiger partial charge < -0.3 is 24.7 Å². The molecule has 0 aliphatic rings. The summed E-state index contributed by atoms with van der Waals surface area (Å²) in [5, 5.41) is 6.04. The maximum Gasteiger partial charge on any atom is 0.221 e. The minimum absolute atomic E-state index is 0.102. The maximum atomic E-state index is 11.2. The van der Waals surface area contributed by atoms with Gasteiger partial charge in [-0.25, -0.2) is 9.97 Å². The number of ether oxygens (including phenoxy) is 2. The first-order chi connectivity index (χ1) is 15.0. The summed E-state index contributed by atoms with van der Waals surface area (Å²) >= 11 is 0. The van der Waals surface area contributed by atoms with Crippen LogP contribution in [0.3, 0.4) is 0 Å². The number of nitrogens with zero attached hydrogens (tertiary/aromatic N) is 3. The molecule has 0 aliphatic heterocycles. The molecule has 0 unspecified atom stereocenters.